The first-order valence-electron chi connectivity index (χ1n) is 14.0. The van der Waals surface area contributed by atoms with E-state index in [4.69, 9.17) is 9.72 Å². The summed E-state index contributed by atoms with van der Waals surface area (Å²) >= 11 is 3.57. The van der Waals surface area contributed by atoms with Gasteiger partial charge < -0.3 is 24.8 Å². The highest BCUT2D eigenvalue weighted by atomic mass is 79.9. The van der Waals surface area contributed by atoms with E-state index in [2.05, 4.69) is 84.3 Å². The summed E-state index contributed by atoms with van der Waals surface area (Å²) < 4.78 is 19.9. The van der Waals surface area contributed by atoms with Gasteiger partial charge in [-0.1, -0.05) is 0 Å². The maximum absolute atomic E-state index is 13.4. The van der Waals surface area contributed by atoms with Crippen LogP contribution in [0.2, 0.25) is 0 Å². The van der Waals surface area contributed by atoms with Gasteiger partial charge in [0.15, 0.2) is 0 Å². The van der Waals surface area contributed by atoms with E-state index in [0.29, 0.717) is 44.3 Å². The van der Waals surface area contributed by atoms with Crippen LogP contribution in [0.1, 0.15) is 25.0 Å². The van der Waals surface area contributed by atoms with E-state index in [9.17, 15) is 4.57 Å². The highest BCUT2D eigenvalue weighted by Crippen LogP contribution is 2.43. The zero-order valence-electron chi connectivity index (χ0n) is 24.8. The van der Waals surface area contributed by atoms with E-state index >= 15 is 0 Å². The smallest absolute Gasteiger partial charge is 0.229 e. The molecule has 220 valence electrons. The number of methoxy groups -OCH3 is 1. The molecular formula is C30H36BrN8O2P. The first kappa shape index (κ1) is 29.0. The Balaban J connectivity index is 1.31. The van der Waals surface area contributed by atoms with Crippen LogP contribution in [0.5, 0.6) is 5.75 Å². The standard InChI is InChI=1S/C30H36BrN8O2P/c1-30(2)20-14-25(41-4)24(13-18(20)9-12-39(30)19-16-38(3)17-19)36-29-34-15-21(31)28(37-29)35-23-8-7-22-26(33-11-10-32-22)27(23)42(5,6)40/h7-8,10-11,13-15,19H,9,12,16-17H2,1-6H3,(H2,34,35,36,37). The Kier molecular flexibility index (Phi) is 7.50. The first-order chi connectivity index (χ1) is 20.0. The summed E-state index contributed by atoms with van der Waals surface area (Å²) in [5, 5.41) is 7.39. The van der Waals surface area contributed by atoms with Gasteiger partial charge >= 0.3 is 0 Å². The number of likely N-dealkylation sites (N-methyl/N-ethyl adjacent to an activating group) is 1. The molecule has 4 aromatic rings. The molecule has 0 saturated carbocycles. The Bertz CT molecular complexity index is 1720. The van der Waals surface area contributed by atoms with Crippen molar-refractivity contribution in [2.45, 2.75) is 31.8 Å². The van der Waals surface area contributed by atoms with Crippen LogP contribution in [-0.4, -0.2) is 82.9 Å². The molecule has 2 aromatic heterocycles. The van der Waals surface area contributed by atoms with Crippen LogP contribution >= 0.6 is 23.1 Å². The predicted octanol–water partition coefficient (Wildman–Crippen LogP) is 5.33. The molecule has 0 bridgehead atoms. The average Bonchev–Trinajstić information content (AvgIpc) is 2.92. The highest BCUT2D eigenvalue weighted by Gasteiger charge is 2.42. The van der Waals surface area contributed by atoms with Gasteiger partial charge in [0, 0.05) is 49.8 Å². The Morgan fingerprint density at radius 2 is 1.83 bits per heavy atom. The fourth-order valence-electron chi connectivity index (χ4n) is 6.28. The number of nitrogens with one attached hydrogen (secondary N) is 2. The van der Waals surface area contributed by atoms with Crippen molar-refractivity contribution < 1.29 is 9.30 Å². The maximum Gasteiger partial charge on any atom is 0.229 e. The summed E-state index contributed by atoms with van der Waals surface area (Å²) in [7, 11) is 1.14. The van der Waals surface area contributed by atoms with Crippen LogP contribution in [-0.2, 0) is 16.5 Å². The summed E-state index contributed by atoms with van der Waals surface area (Å²) in [5.74, 6) is 1.68. The Morgan fingerprint density at radius 1 is 1.07 bits per heavy atom. The number of fused-ring (bicyclic) bond motifs is 2. The summed E-state index contributed by atoms with van der Waals surface area (Å²) in [6.07, 6.45) is 5.91. The SMILES string of the molecule is COc1cc2c(cc1Nc1ncc(Br)c(Nc3ccc4nccnc4c3P(C)(C)=O)n1)CCN(C1CN(C)C1)C2(C)C. The van der Waals surface area contributed by atoms with Crippen LogP contribution in [0.25, 0.3) is 11.0 Å². The van der Waals surface area contributed by atoms with Crippen LogP contribution in [0.4, 0.5) is 23.1 Å². The van der Waals surface area contributed by atoms with Gasteiger partial charge in [-0.25, -0.2) is 4.98 Å². The zero-order valence-corrected chi connectivity index (χ0v) is 27.3. The molecule has 0 radical (unpaired) electrons. The molecule has 0 unspecified atom stereocenters. The van der Waals surface area contributed by atoms with E-state index < -0.39 is 7.14 Å². The van der Waals surface area contributed by atoms with Crippen molar-refractivity contribution in [3.8, 4) is 5.75 Å². The number of nitrogens with zero attached hydrogens (tertiary/aromatic N) is 6. The van der Waals surface area contributed by atoms with Gasteiger partial charge in [0.25, 0.3) is 0 Å². The third kappa shape index (κ3) is 5.28. The number of anilines is 4. The fourth-order valence-corrected chi connectivity index (χ4v) is 7.96. The van der Waals surface area contributed by atoms with E-state index in [1.54, 1.807) is 39.0 Å². The van der Waals surface area contributed by atoms with Gasteiger partial charge in [0.1, 0.15) is 24.2 Å². The van der Waals surface area contributed by atoms with Gasteiger partial charge in [-0.15, -0.1) is 0 Å². The fraction of sp³-hybridized carbons (Fsp3) is 0.400. The highest BCUT2D eigenvalue weighted by molar-refractivity contribution is 9.10. The number of benzene rings is 2. The molecule has 0 atom stereocenters. The lowest BCUT2D eigenvalue weighted by atomic mass is 9.81. The van der Waals surface area contributed by atoms with Crippen molar-refractivity contribution in [2.24, 2.45) is 0 Å². The first-order valence-corrected chi connectivity index (χ1v) is 17.4. The van der Waals surface area contributed by atoms with E-state index in [0.717, 1.165) is 37.5 Å². The molecule has 12 heteroatoms. The summed E-state index contributed by atoms with van der Waals surface area (Å²) in [5.41, 5.74) is 5.27. The molecule has 2 aliphatic heterocycles. The molecule has 6 rings (SSSR count). The molecule has 2 aliphatic rings. The van der Waals surface area contributed by atoms with Crippen LogP contribution in [0, 0.1) is 0 Å². The third-order valence-corrected chi connectivity index (χ3v) is 10.4. The predicted molar refractivity (Wildman–Crippen MR) is 173 cm³/mol. The van der Waals surface area contributed by atoms with Crippen LogP contribution in [0.3, 0.4) is 0 Å². The molecule has 2 N–H and O–H groups in total. The molecular weight excluding hydrogens is 615 g/mol. The van der Waals surface area contributed by atoms with Crippen molar-refractivity contribution in [3.63, 3.8) is 0 Å². The van der Waals surface area contributed by atoms with Crippen molar-refractivity contribution in [1.29, 1.82) is 0 Å². The Morgan fingerprint density at radius 3 is 2.55 bits per heavy atom. The van der Waals surface area contributed by atoms with Gasteiger partial charge in [-0.2, -0.15) is 4.98 Å². The summed E-state index contributed by atoms with van der Waals surface area (Å²) in [4.78, 5) is 23.2. The topological polar surface area (TPSA) is 108 Å². The zero-order chi connectivity index (χ0) is 29.8. The lowest BCUT2D eigenvalue weighted by molar-refractivity contribution is -0.0201. The molecule has 0 aliphatic carbocycles. The monoisotopic (exact) mass is 650 g/mol. The number of hydrogen-bond donors (Lipinski definition) is 2. The largest absolute Gasteiger partial charge is 0.495 e. The molecule has 1 fully saturated rings. The minimum absolute atomic E-state index is 0.101. The lowest BCUT2D eigenvalue weighted by Gasteiger charge is -2.53. The van der Waals surface area contributed by atoms with E-state index in [-0.39, 0.29) is 5.54 Å². The second-order valence-electron chi connectivity index (χ2n) is 12.0. The second kappa shape index (κ2) is 10.9. The molecule has 0 spiro atoms. The molecule has 2 aromatic carbocycles. The summed E-state index contributed by atoms with van der Waals surface area (Å²) in [6, 6.07) is 8.64. The van der Waals surface area contributed by atoms with Crippen LogP contribution < -0.4 is 20.7 Å². The van der Waals surface area contributed by atoms with Gasteiger partial charge in [-0.05, 0) is 92.0 Å². The molecule has 1 saturated heterocycles. The van der Waals surface area contributed by atoms with Crippen molar-refractivity contribution >= 4 is 62.6 Å². The molecule has 4 heterocycles. The lowest BCUT2D eigenvalue weighted by Crippen LogP contribution is -2.63. The number of ether oxygens (including phenoxy) is 1. The molecule has 0 amide bonds. The van der Waals surface area contributed by atoms with E-state index in [1.165, 1.54) is 11.1 Å². The minimum Gasteiger partial charge on any atom is -0.495 e. The minimum atomic E-state index is -2.73. The van der Waals surface area contributed by atoms with E-state index in [1.807, 2.05) is 12.1 Å². The molecule has 42 heavy (non-hydrogen) atoms. The van der Waals surface area contributed by atoms with Gasteiger partial charge in [0.05, 0.1) is 33.8 Å². The second-order valence-corrected chi connectivity index (χ2v) is 16.0. The van der Waals surface area contributed by atoms with Gasteiger partial charge in [-0.3, -0.25) is 14.9 Å². The maximum atomic E-state index is 13.4. The average molecular weight is 652 g/mol. The summed E-state index contributed by atoms with van der Waals surface area (Å²) in [6.45, 7) is 11.3. The number of halogens is 1. The number of rotatable bonds is 7. The number of hydrogen-bond acceptors (Lipinski definition) is 10. The van der Waals surface area contributed by atoms with Gasteiger partial charge in [0.2, 0.25) is 5.95 Å². The van der Waals surface area contributed by atoms with Crippen molar-refractivity contribution in [3.05, 3.63) is 58.5 Å². The quantitative estimate of drug-likeness (QED) is 0.255. The number of aromatic nitrogens is 4. The van der Waals surface area contributed by atoms with Crippen molar-refractivity contribution in [1.82, 2.24) is 29.7 Å². The molecule has 10 nitrogen and oxygen atoms in total. The Labute approximate surface area is 254 Å². The Hall–Kier alpha value is -3.11. The normalized spacial score (nSPS) is 17.5. The van der Waals surface area contributed by atoms with Crippen LogP contribution in [0.15, 0.2) is 47.3 Å². The number of likely N-dealkylation sites (tertiary alicyclic amines) is 1. The van der Waals surface area contributed by atoms with Crippen molar-refractivity contribution in [2.75, 3.05) is 57.8 Å². The third-order valence-electron chi connectivity index (χ3n) is 8.31.